The van der Waals surface area contributed by atoms with Gasteiger partial charge in [0.15, 0.2) is 0 Å². The molecule has 0 fully saturated rings. The molecule has 0 bridgehead atoms. The highest BCUT2D eigenvalue weighted by atomic mass is 16.2. The third-order valence-electron chi connectivity index (χ3n) is 5.65. The van der Waals surface area contributed by atoms with Crippen LogP contribution in [0.2, 0.25) is 0 Å². The molecule has 0 saturated carbocycles. The summed E-state index contributed by atoms with van der Waals surface area (Å²) in [5.41, 5.74) is 16.8. The number of primary amides is 2. The summed E-state index contributed by atoms with van der Waals surface area (Å²) in [5.74, 6) is -3.19. The Balaban J connectivity index is 2.45. The Labute approximate surface area is 214 Å². The molecule has 0 saturated heterocycles. The lowest BCUT2D eigenvalue weighted by Gasteiger charge is -2.34. The fraction of sp³-hybridized carbons (Fsp3) is 0.417. The maximum atomic E-state index is 13.8. The van der Waals surface area contributed by atoms with Gasteiger partial charge in [-0.1, -0.05) is 13.8 Å². The number of carbonyl (C=O) groups excluding carboxylic acids is 6. The lowest BCUT2D eigenvalue weighted by molar-refractivity contribution is -0.130. The van der Waals surface area contributed by atoms with Crippen LogP contribution in [0.1, 0.15) is 33.1 Å². The third-order valence-corrected chi connectivity index (χ3v) is 5.65. The molecule has 1 aromatic rings. The number of urea groups is 1. The fourth-order valence-corrected chi connectivity index (χ4v) is 3.82. The van der Waals surface area contributed by atoms with Crippen molar-refractivity contribution in [3.05, 3.63) is 36.4 Å². The van der Waals surface area contributed by atoms with E-state index in [9.17, 15) is 28.8 Å². The number of amides is 7. The lowest BCUT2D eigenvalue weighted by atomic mass is 9.99. The van der Waals surface area contributed by atoms with Gasteiger partial charge >= 0.3 is 6.03 Å². The molecule has 7 amide bonds. The monoisotopic (exact) mass is 515 g/mol. The first kappa shape index (κ1) is 29.0. The van der Waals surface area contributed by atoms with Crippen LogP contribution >= 0.6 is 0 Å². The number of nitrogens with one attached hydrogen (secondary N) is 2. The number of carbonyl (C=O) groups is 6. The molecule has 200 valence electrons. The van der Waals surface area contributed by atoms with Gasteiger partial charge in [0.1, 0.15) is 12.1 Å². The highest BCUT2D eigenvalue weighted by molar-refractivity contribution is 6.28. The third kappa shape index (κ3) is 7.61. The van der Waals surface area contributed by atoms with E-state index in [1.54, 1.807) is 13.8 Å². The van der Waals surface area contributed by atoms with Crippen LogP contribution < -0.4 is 37.6 Å². The van der Waals surface area contributed by atoms with Gasteiger partial charge in [0.05, 0.1) is 5.69 Å². The highest BCUT2D eigenvalue weighted by Crippen LogP contribution is 2.27. The number of nitrogens with zero attached hydrogens (tertiary/aromatic N) is 2. The van der Waals surface area contributed by atoms with Crippen LogP contribution in [0.3, 0.4) is 0 Å². The molecule has 0 radical (unpaired) electrons. The van der Waals surface area contributed by atoms with Gasteiger partial charge in [-0.15, -0.1) is 0 Å². The molecule has 2 rings (SSSR count). The van der Waals surface area contributed by atoms with Crippen molar-refractivity contribution in [1.29, 1.82) is 0 Å². The summed E-state index contributed by atoms with van der Waals surface area (Å²) in [5, 5.41) is 5.08. The van der Waals surface area contributed by atoms with Crippen LogP contribution in [0.25, 0.3) is 0 Å². The topological polar surface area (TPSA) is 211 Å². The van der Waals surface area contributed by atoms with Gasteiger partial charge in [-0.3, -0.25) is 28.9 Å². The molecule has 1 heterocycles. The van der Waals surface area contributed by atoms with Gasteiger partial charge in [-0.2, -0.15) is 0 Å². The number of hydrogen-bond acceptors (Lipinski definition) is 7. The van der Waals surface area contributed by atoms with E-state index in [2.05, 4.69) is 10.6 Å². The Bertz CT molecular complexity index is 1050. The highest BCUT2D eigenvalue weighted by Gasteiger charge is 2.36. The second kappa shape index (κ2) is 13.2. The zero-order valence-electron chi connectivity index (χ0n) is 20.8. The van der Waals surface area contributed by atoms with E-state index in [1.165, 1.54) is 29.2 Å². The van der Waals surface area contributed by atoms with Crippen molar-refractivity contribution >= 4 is 46.9 Å². The van der Waals surface area contributed by atoms with Crippen LogP contribution in [0.5, 0.6) is 0 Å². The van der Waals surface area contributed by atoms with Crippen LogP contribution in [-0.2, 0) is 24.0 Å². The molecule has 0 aromatic heterocycles. The first-order valence-corrected chi connectivity index (χ1v) is 11.8. The average molecular weight is 516 g/mol. The minimum absolute atomic E-state index is 0.00909. The summed E-state index contributed by atoms with van der Waals surface area (Å²) in [6.45, 7) is 3.71. The standard InChI is InChI=1S/C24H33N7O6/c1-14(2)21(29-18(32)11-12-25)23(36)30(17(22(26)35)4-3-13-28-24(27)37)15-5-7-16(8-6-15)31-19(33)9-10-20(31)34/h5-10,14,17,21H,3-4,11-13,25H2,1-2H3,(H2,26,35)(H,29,32)(H3,27,28,37)/t17-,21-/m0/s1. The van der Waals surface area contributed by atoms with E-state index in [-0.39, 0.29) is 49.6 Å². The molecule has 0 spiro atoms. The van der Waals surface area contributed by atoms with E-state index in [1.807, 2.05) is 0 Å². The van der Waals surface area contributed by atoms with Gasteiger partial charge in [-0.05, 0) is 43.0 Å². The van der Waals surface area contributed by atoms with Crippen molar-refractivity contribution in [3.8, 4) is 0 Å². The van der Waals surface area contributed by atoms with Crippen molar-refractivity contribution in [2.45, 2.75) is 45.2 Å². The second-order valence-electron chi connectivity index (χ2n) is 8.75. The molecule has 1 aliphatic rings. The maximum absolute atomic E-state index is 13.8. The number of anilines is 2. The lowest BCUT2D eigenvalue weighted by Crippen LogP contribution is -2.57. The number of imide groups is 1. The first-order valence-electron chi connectivity index (χ1n) is 11.8. The Kier molecular flexibility index (Phi) is 10.3. The van der Waals surface area contributed by atoms with Crippen molar-refractivity contribution in [1.82, 2.24) is 10.6 Å². The maximum Gasteiger partial charge on any atom is 0.312 e. The fourth-order valence-electron chi connectivity index (χ4n) is 3.82. The van der Waals surface area contributed by atoms with Gasteiger partial charge in [0, 0.05) is 37.3 Å². The predicted molar refractivity (Wildman–Crippen MR) is 136 cm³/mol. The Morgan fingerprint density at radius 2 is 1.59 bits per heavy atom. The minimum atomic E-state index is -1.14. The molecule has 8 N–H and O–H groups in total. The van der Waals surface area contributed by atoms with E-state index >= 15 is 0 Å². The smallest absolute Gasteiger partial charge is 0.312 e. The van der Waals surface area contributed by atoms with Crippen LogP contribution in [0, 0.1) is 5.92 Å². The molecule has 13 nitrogen and oxygen atoms in total. The molecule has 37 heavy (non-hydrogen) atoms. The summed E-state index contributed by atoms with van der Waals surface area (Å²) in [6.07, 6.45) is 2.65. The molecule has 0 unspecified atom stereocenters. The zero-order chi connectivity index (χ0) is 27.7. The normalized spacial score (nSPS) is 14.4. The number of benzene rings is 1. The summed E-state index contributed by atoms with van der Waals surface area (Å²) in [4.78, 5) is 75.8. The predicted octanol–water partition coefficient (Wildman–Crippen LogP) is -0.759. The van der Waals surface area contributed by atoms with Gasteiger partial charge in [0.25, 0.3) is 17.7 Å². The van der Waals surface area contributed by atoms with E-state index in [0.717, 1.165) is 17.1 Å². The van der Waals surface area contributed by atoms with Crippen molar-refractivity contribution in [2.24, 2.45) is 23.1 Å². The van der Waals surface area contributed by atoms with Crippen LogP contribution in [0.15, 0.2) is 36.4 Å². The van der Waals surface area contributed by atoms with Gasteiger partial charge < -0.3 is 27.8 Å². The largest absolute Gasteiger partial charge is 0.368 e. The number of hydrogen-bond donors (Lipinski definition) is 5. The quantitative estimate of drug-likeness (QED) is 0.167. The molecule has 1 aliphatic heterocycles. The molecule has 13 heteroatoms. The summed E-state index contributed by atoms with van der Waals surface area (Å²) >= 11 is 0. The van der Waals surface area contributed by atoms with Gasteiger partial charge in [0.2, 0.25) is 11.8 Å². The number of nitrogens with two attached hydrogens (primary N) is 3. The molecular formula is C24H33N7O6. The minimum Gasteiger partial charge on any atom is -0.368 e. The van der Waals surface area contributed by atoms with Crippen molar-refractivity contribution < 1.29 is 28.8 Å². The van der Waals surface area contributed by atoms with Crippen molar-refractivity contribution in [2.75, 3.05) is 22.9 Å². The van der Waals surface area contributed by atoms with Crippen molar-refractivity contribution in [3.63, 3.8) is 0 Å². The van der Waals surface area contributed by atoms with E-state index in [4.69, 9.17) is 17.2 Å². The molecular weight excluding hydrogens is 482 g/mol. The van der Waals surface area contributed by atoms with E-state index in [0.29, 0.717) is 0 Å². The van der Waals surface area contributed by atoms with Gasteiger partial charge in [-0.25, -0.2) is 9.69 Å². The number of rotatable bonds is 13. The summed E-state index contributed by atoms with van der Waals surface area (Å²) < 4.78 is 0. The Morgan fingerprint density at radius 3 is 2.08 bits per heavy atom. The van der Waals surface area contributed by atoms with E-state index < -0.39 is 47.7 Å². The van der Waals surface area contributed by atoms with Crippen LogP contribution in [0.4, 0.5) is 16.2 Å². The Hall–Kier alpha value is -4.26. The first-order chi connectivity index (χ1) is 17.5. The van der Waals surface area contributed by atoms with Crippen LogP contribution in [-0.4, -0.2) is 60.7 Å². The molecule has 1 aromatic carbocycles. The Morgan fingerprint density at radius 1 is 1.00 bits per heavy atom. The molecule has 2 atom stereocenters. The summed E-state index contributed by atoms with van der Waals surface area (Å²) in [7, 11) is 0. The average Bonchev–Trinajstić information content (AvgIpc) is 3.16. The SMILES string of the molecule is CC(C)[C@H](NC(=O)CCN)C(=O)N(c1ccc(N2C(=O)C=CC2=O)cc1)[C@@H](CCCNC(N)=O)C(N)=O. The summed E-state index contributed by atoms with van der Waals surface area (Å²) in [6, 6.07) is 2.99. The zero-order valence-corrected chi connectivity index (χ0v) is 20.8. The molecule has 0 aliphatic carbocycles. The second-order valence-corrected chi connectivity index (χ2v) is 8.75.